The molecule has 3 heterocycles. The van der Waals surface area contributed by atoms with Crippen LogP contribution in [-0.2, 0) is 19.4 Å². The zero-order valence-electron chi connectivity index (χ0n) is 18.7. The molecule has 0 amide bonds. The highest BCUT2D eigenvalue weighted by atomic mass is 32.1. The lowest BCUT2D eigenvalue weighted by Gasteiger charge is -2.36. The molecule has 2 aliphatic rings. The van der Waals surface area contributed by atoms with Gasteiger partial charge in [-0.25, -0.2) is 14.4 Å². The largest absolute Gasteiger partial charge is 0.353 e. The van der Waals surface area contributed by atoms with E-state index in [9.17, 15) is 4.39 Å². The van der Waals surface area contributed by atoms with Crippen LogP contribution in [0.2, 0.25) is 0 Å². The number of rotatable bonds is 4. The lowest BCUT2D eigenvalue weighted by atomic mass is 9.89. The Labute approximate surface area is 188 Å². The van der Waals surface area contributed by atoms with Gasteiger partial charge in [0.15, 0.2) is 0 Å². The second kappa shape index (κ2) is 8.47. The molecule has 1 aliphatic carbocycles. The molecule has 1 saturated heterocycles. The van der Waals surface area contributed by atoms with Crippen LogP contribution in [0.3, 0.4) is 0 Å². The molecule has 4 nitrogen and oxygen atoms in total. The molecule has 1 atom stereocenters. The predicted molar refractivity (Wildman–Crippen MR) is 127 cm³/mol. The van der Waals surface area contributed by atoms with E-state index in [2.05, 4.69) is 30.6 Å². The van der Waals surface area contributed by atoms with Crippen LogP contribution in [0.15, 0.2) is 24.3 Å². The van der Waals surface area contributed by atoms with Crippen LogP contribution in [0, 0.1) is 11.7 Å². The highest BCUT2D eigenvalue weighted by Crippen LogP contribution is 2.41. The number of fused-ring (bicyclic) bond motifs is 3. The predicted octanol–water partition coefficient (Wildman–Crippen LogP) is 5.40. The summed E-state index contributed by atoms with van der Waals surface area (Å²) in [6.45, 7) is 11.5. The number of piperazine rings is 1. The molecule has 6 heteroatoms. The molecule has 5 rings (SSSR count). The van der Waals surface area contributed by atoms with Crippen molar-refractivity contribution in [1.29, 1.82) is 0 Å². The average Bonchev–Trinajstić information content (AvgIpc) is 3.12. The van der Waals surface area contributed by atoms with Gasteiger partial charge in [0.2, 0.25) is 0 Å². The molecule has 1 aromatic carbocycles. The van der Waals surface area contributed by atoms with Crippen LogP contribution < -0.4 is 4.90 Å². The van der Waals surface area contributed by atoms with E-state index in [-0.39, 0.29) is 5.82 Å². The van der Waals surface area contributed by atoms with Gasteiger partial charge < -0.3 is 4.90 Å². The Balaban J connectivity index is 1.41. The number of thiophene rings is 1. The van der Waals surface area contributed by atoms with E-state index in [0.717, 1.165) is 56.7 Å². The third-order valence-corrected chi connectivity index (χ3v) is 7.81. The fourth-order valence-corrected chi connectivity index (χ4v) is 6.18. The monoisotopic (exact) mass is 438 g/mol. The first-order chi connectivity index (χ1) is 15.0. The Morgan fingerprint density at radius 1 is 1.10 bits per heavy atom. The van der Waals surface area contributed by atoms with Gasteiger partial charge in [-0.1, -0.05) is 32.9 Å². The summed E-state index contributed by atoms with van der Waals surface area (Å²) < 4.78 is 13.2. The molecule has 3 aromatic rings. The first kappa shape index (κ1) is 20.8. The Hall–Kier alpha value is -2.05. The molecule has 1 aliphatic heterocycles. The quantitative estimate of drug-likeness (QED) is 0.546. The van der Waals surface area contributed by atoms with E-state index in [1.54, 1.807) is 12.1 Å². The summed E-state index contributed by atoms with van der Waals surface area (Å²) in [5, 5.41) is 1.32. The minimum absolute atomic E-state index is 0.171. The van der Waals surface area contributed by atoms with Gasteiger partial charge in [-0.15, -0.1) is 11.3 Å². The Bertz CT molecular complexity index is 1070. The zero-order valence-corrected chi connectivity index (χ0v) is 19.5. The molecule has 0 bridgehead atoms. The summed E-state index contributed by atoms with van der Waals surface area (Å²) in [6.07, 6.45) is 3.59. The fourth-order valence-electron chi connectivity index (χ4n) is 4.79. The van der Waals surface area contributed by atoms with Crippen LogP contribution in [0.4, 0.5) is 10.2 Å². The van der Waals surface area contributed by atoms with Gasteiger partial charge in [0, 0.05) is 43.5 Å². The normalized spacial score (nSPS) is 19.9. The highest BCUT2D eigenvalue weighted by molar-refractivity contribution is 7.19. The maximum Gasteiger partial charge on any atom is 0.141 e. The summed E-state index contributed by atoms with van der Waals surface area (Å²) in [4.78, 5) is 17.7. The first-order valence-electron chi connectivity index (χ1n) is 11.5. The number of halogens is 1. The molecule has 0 saturated carbocycles. The second-order valence-electron chi connectivity index (χ2n) is 9.48. The number of hydrogen-bond donors (Lipinski definition) is 0. The lowest BCUT2D eigenvalue weighted by molar-refractivity contribution is 0.249. The van der Waals surface area contributed by atoms with Crippen LogP contribution in [0.1, 0.15) is 54.9 Å². The zero-order chi connectivity index (χ0) is 21.5. The minimum atomic E-state index is -0.171. The Morgan fingerprint density at radius 3 is 2.55 bits per heavy atom. The molecule has 0 radical (unpaired) electrons. The van der Waals surface area contributed by atoms with E-state index in [1.807, 2.05) is 23.5 Å². The van der Waals surface area contributed by atoms with Crippen LogP contribution >= 0.6 is 11.3 Å². The minimum Gasteiger partial charge on any atom is -0.353 e. The maximum atomic E-state index is 13.2. The van der Waals surface area contributed by atoms with Gasteiger partial charge in [-0.2, -0.15) is 0 Å². The highest BCUT2D eigenvalue weighted by Gasteiger charge is 2.28. The van der Waals surface area contributed by atoms with Crippen molar-refractivity contribution in [1.82, 2.24) is 14.9 Å². The molecule has 0 spiro atoms. The number of hydrogen-bond acceptors (Lipinski definition) is 5. The summed E-state index contributed by atoms with van der Waals surface area (Å²) in [5.74, 6) is 3.03. The van der Waals surface area contributed by atoms with Crippen molar-refractivity contribution in [2.75, 3.05) is 31.1 Å². The van der Waals surface area contributed by atoms with Crippen molar-refractivity contribution in [2.24, 2.45) is 5.92 Å². The summed E-state index contributed by atoms with van der Waals surface area (Å²) >= 11 is 1.90. The van der Waals surface area contributed by atoms with Crippen molar-refractivity contribution in [3.05, 3.63) is 51.9 Å². The second-order valence-corrected chi connectivity index (χ2v) is 10.6. The molecular weight excluding hydrogens is 407 g/mol. The fraction of sp³-hybridized carbons (Fsp3) is 0.520. The Kier molecular flexibility index (Phi) is 5.69. The molecule has 2 aromatic heterocycles. The van der Waals surface area contributed by atoms with Gasteiger partial charge in [-0.3, -0.25) is 4.90 Å². The van der Waals surface area contributed by atoms with E-state index in [4.69, 9.17) is 9.97 Å². The topological polar surface area (TPSA) is 32.3 Å². The molecular formula is C25H31FN4S. The van der Waals surface area contributed by atoms with E-state index < -0.39 is 0 Å². The number of nitrogens with zero attached hydrogens (tertiary/aromatic N) is 4. The van der Waals surface area contributed by atoms with Gasteiger partial charge in [0.25, 0.3) is 0 Å². The van der Waals surface area contributed by atoms with E-state index in [1.165, 1.54) is 39.1 Å². The molecule has 0 unspecified atom stereocenters. The molecule has 0 N–H and O–H groups in total. The summed E-state index contributed by atoms with van der Waals surface area (Å²) in [5.41, 5.74) is 2.68. The molecule has 164 valence electrons. The van der Waals surface area contributed by atoms with Crippen molar-refractivity contribution in [2.45, 2.75) is 52.5 Å². The summed E-state index contributed by atoms with van der Waals surface area (Å²) in [6, 6.07) is 6.89. The van der Waals surface area contributed by atoms with Crippen LogP contribution in [-0.4, -0.2) is 41.0 Å². The third-order valence-electron chi connectivity index (χ3n) is 6.66. The van der Waals surface area contributed by atoms with Crippen molar-refractivity contribution < 1.29 is 4.39 Å². The van der Waals surface area contributed by atoms with Gasteiger partial charge >= 0.3 is 0 Å². The van der Waals surface area contributed by atoms with E-state index >= 15 is 0 Å². The van der Waals surface area contributed by atoms with Crippen LogP contribution in [0.25, 0.3) is 10.2 Å². The van der Waals surface area contributed by atoms with Gasteiger partial charge in [0.1, 0.15) is 22.3 Å². The molecule has 1 fully saturated rings. The first-order valence-corrected chi connectivity index (χ1v) is 12.3. The summed E-state index contributed by atoms with van der Waals surface area (Å²) in [7, 11) is 0. The Morgan fingerprint density at radius 2 is 1.84 bits per heavy atom. The number of aromatic nitrogens is 2. The molecule has 31 heavy (non-hydrogen) atoms. The van der Waals surface area contributed by atoms with E-state index in [0.29, 0.717) is 5.92 Å². The van der Waals surface area contributed by atoms with Crippen molar-refractivity contribution >= 4 is 27.4 Å². The van der Waals surface area contributed by atoms with Gasteiger partial charge in [0.05, 0.1) is 5.39 Å². The SMILES string of the molecule is CC(C)c1nc(N2CCN(Cc3ccc(F)cc3)CC2)c2c3c(sc2n1)C[C@@H](C)CC3. The van der Waals surface area contributed by atoms with Crippen molar-refractivity contribution in [3.8, 4) is 0 Å². The number of anilines is 1. The van der Waals surface area contributed by atoms with Crippen molar-refractivity contribution in [3.63, 3.8) is 0 Å². The van der Waals surface area contributed by atoms with Crippen LogP contribution in [0.5, 0.6) is 0 Å². The maximum absolute atomic E-state index is 13.2. The third kappa shape index (κ3) is 4.20. The van der Waals surface area contributed by atoms with Gasteiger partial charge in [-0.05, 0) is 48.4 Å². The lowest BCUT2D eigenvalue weighted by Crippen LogP contribution is -2.46. The average molecular weight is 439 g/mol. The number of aryl methyl sites for hydroxylation is 1. The standard InChI is InChI=1S/C25H31FN4S/c1-16(2)23-27-24(22-20-9-4-17(3)14-21(20)31-25(22)28-23)30-12-10-29(11-13-30)15-18-5-7-19(26)8-6-18/h5-8,16-17H,4,9-15H2,1-3H3/t17-/m0/s1. The number of benzene rings is 1. The smallest absolute Gasteiger partial charge is 0.141 e.